The van der Waals surface area contributed by atoms with Gasteiger partial charge >= 0.3 is 11.9 Å². The van der Waals surface area contributed by atoms with Crippen molar-refractivity contribution in [1.82, 2.24) is 4.98 Å². The Labute approximate surface area is 119 Å². The number of hydrogen-bond donors (Lipinski definition) is 0. The van der Waals surface area contributed by atoms with Gasteiger partial charge in [0.25, 0.3) is 0 Å². The van der Waals surface area contributed by atoms with E-state index in [0.29, 0.717) is 0 Å². The monoisotopic (exact) mass is 293 g/mol. The predicted molar refractivity (Wildman–Crippen MR) is 69.3 cm³/mol. The fourth-order valence-corrected chi connectivity index (χ4v) is 1.70. The normalized spacial score (nSPS) is 10.3. The summed E-state index contributed by atoms with van der Waals surface area (Å²) in [6.45, 7) is 1.76. The van der Waals surface area contributed by atoms with Crippen LogP contribution in [0.3, 0.4) is 0 Å². The molecular weight excluding hydrogens is 281 g/mol. The summed E-state index contributed by atoms with van der Waals surface area (Å²) in [5, 5.41) is 0. The second kappa shape index (κ2) is 5.74. The Balaban J connectivity index is 2.61. The summed E-state index contributed by atoms with van der Waals surface area (Å²) in [5.41, 5.74) is 0.444. The van der Waals surface area contributed by atoms with Crippen molar-refractivity contribution in [2.45, 2.75) is 6.92 Å². The van der Waals surface area contributed by atoms with Crippen molar-refractivity contribution in [3.63, 3.8) is 0 Å². The third-order valence-corrected chi connectivity index (χ3v) is 2.73. The minimum absolute atomic E-state index is 0.0373. The van der Waals surface area contributed by atoms with E-state index in [0.717, 1.165) is 19.8 Å². The molecule has 0 N–H and O–H groups in total. The highest BCUT2D eigenvalue weighted by Crippen LogP contribution is 2.26. The van der Waals surface area contributed by atoms with Gasteiger partial charge in [0.05, 0.1) is 19.8 Å². The van der Waals surface area contributed by atoms with Gasteiger partial charge in [-0.3, -0.25) is 0 Å². The number of aromatic nitrogens is 1. The van der Waals surface area contributed by atoms with Crippen LogP contribution in [0.4, 0.5) is 4.39 Å². The molecule has 0 unspecified atom stereocenters. The van der Waals surface area contributed by atoms with Gasteiger partial charge < -0.3 is 13.9 Å². The van der Waals surface area contributed by atoms with Crippen LogP contribution in [-0.4, -0.2) is 31.1 Å². The number of ether oxygens (including phenoxy) is 2. The first-order chi connectivity index (χ1) is 9.97. The maximum atomic E-state index is 13.8. The van der Waals surface area contributed by atoms with E-state index in [1.165, 1.54) is 12.1 Å². The van der Waals surface area contributed by atoms with E-state index in [-0.39, 0.29) is 17.1 Å². The van der Waals surface area contributed by atoms with Crippen molar-refractivity contribution in [1.29, 1.82) is 0 Å². The van der Waals surface area contributed by atoms with E-state index in [1.807, 2.05) is 0 Å². The number of carbonyl (C=O) groups is 2. The molecule has 0 aliphatic heterocycles. The lowest BCUT2D eigenvalue weighted by molar-refractivity contribution is 0.0527. The molecular formula is C14H12FNO5. The summed E-state index contributed by atoms with van der Waals surface area (Å²) in [6.07, 6.45) is 0. The molecule has 0 saturated heterocycles. The summed E-state index contributed by atoms with van der Waals surface area (Å²) in [7, 11) is 2.25. The number of halogens is 1. The molecule has 0 amide bonds. The number of methoxy groups -OCH3 is 2. The van der Waals surface area contributed by atoms with Crippen LogP contribution >= 0.6 is 0 Å². The van der Waals surface area contributed by atoms with Gasteiger partial charge in [0.2, 0.25) is 17.3 Å². The molecule has 1 heterocycles. The van der Waals surface area contributed by atoms with Crippen molar-refractivity contribution in [2.24, 2.45) is 0 Å². The van der Waals surface area contributed by atoms with E-state index in [2.05, 4.69) is 14.5 Å². The first-order valence-corrected chi connectivity index (χ1v) is 5.92. The predicted octanol–water partition coefficient (Wildman–Crippen LogP) is 2.36. The summed E-state index contributed by atoms with van der Waals surface area (Å²) in [5.74, 6) is -2.99. The number of hydrogen-bond acceptors (Lipinski definition) is 6. The molecule has 0 saturated carbocycles. The van der Waals surface area contributed by atoms with Crippen molar-refractivity contribution < 1.29 is 27.9 Å². The van der Waals surface area contributed by atoms with E-state index >= 15 is 0 Å². The smallest absolute Gasteiger partial charge is 0.376 e. The topological polar surface area (TPSA) is 78.6 Å². The van der Waals surface area contributed by atoms with Crippen molar-refractivity contribution in [3.8, 4) is 11.5 Å². The van der Waals surface area contributed by atoms with Crippen molar-refractivity contribution in [3.05, 3.63) is 41.0 Å². The second-order valence-electron chi connectivity index (χ2n) is 4.16. The zero-order valence-corrected chi connectivity index (χ0v) is 11.6. The van der Waals surface area contributed by atoms with E-state index in [1.54, 1.807) is 13.0 Å². The molecule has 0 fully saturated rings. The Hall–Kier alpha value is -2.70. The minimum atomic E-state index is -0.901. The van der Waals surface area contributed by atoms with Gasteiger partial charge in [0, 0.05) is 0 Å². The number of nitrogens with zero attached hydrogens (tertiary/aromatic N) is 1. The molecule has 0 radical (unpaired) electrons. The van der Waals surface area contributed by atoms with E-state index in [4.69, 9.17) is 4.42 Å². The lowest BCUT2D eigenvalue weighted by Gasteiger charge is -1.99. The Morgan fingerprint density at radius 2 is 1.86 bits per heavy atom. The van der Waals surface area contributed by atoms with Gasteiger partial charge in [-0.05, 0) is 19.1 Å². The molecule has 1 aromatic carbocycles. The number of oxazole rings is 1. The number of carbonyl (C=O) groups excluding carboxylic acids is 2. The van der Waals surface area contributed by atoms with Crippen molar-refractivity contribution in [2.75, 3.05) is 14.2 Å². The van der Waals surface area contributed by atoms with Crippen LogP contribution in [0.1, 0.15) is 26.6 Å². The van der Waals surface area contributed by atoms with Gasteiger partial charge in [-0.25, -0.2) is 19.0 Å². The van der Waals surface area contributed by atoms with Gasteiger partial charge in [0.15, 0.2) is 0 Å². The standard InChI is InChI=1S/C14H12FNO5/c1-7-4-5-9(15)8(6-7)12-16-10(13(17)19-2)11(21-12)14(18)20-3/h4-6H,1-3H3. The molecule has 0 aliphatic rings. The van der Waals surface area contributed by atoms with Crippen LogP contribution in [-0.2, 0) is 9.47 Å². The minimum Gasteiger partial charge on any atom is -0.464 e. The number of rotatable bonds is 3. The Morgan fingerprint density at radius 3 is 2.48 bits per heavy atom. The first kappa shape index (κ1) is 14.7. The summed E-state index contributed by atoms with van der Waals surface area (Å²) in [6, 6.07) is 4.30. The van der Waals surface area contributed by atoms with E-state index in [9.17, 15) is 14.0 Å². The highest BCUT2D eigenvalue weighted by atomic mass is 19.1. The summed E-state index contributed by atoms with van der Waals surface area (Å²) >= 11 is 0. The van der Waals surface area contributed by atoms with Gasteiger partial charge in [0.1, 0.15) is 5.82 Å². The molecule has 2 aromatic rings. The number of esters is 2. The Morgan fingerprint density at radius 1 is 1.19 bits per heavy atom. The molecule has 0 spiro atoms. The van der Waals surface area contributed by atoms with Gasteiger partial charge in [-0.1, -0.05) is 11.6 Å². The van der Waals surface area contributed by atoms with E-state index < -0.39 is 23.5 Å². The third kappa shape index (κ3) is 2.76. The number of aryl methyl sites for hydroxylation is 1. The van der Waals surface area contributed by atoms with Gasteiger partial charge in [-0.2, -0.15) is 0 Å². The Kier molecular flexibility index (Phi) is 4.02. The molecule has 21 heavy (non-hydrogen) atoms. The average Bonchev–Trinajstić information content (AvgIpc) is 2.93. The second-order valence-corrected chi connectivity index (χ2v) is 4.16. The molecule has 2 rings (SSSR count). The van der Waals surface area contributed by atoms with Crippen LogP contribution in [0.15, 0.2) is 22.6 Å². The molecule has 7 heteroatoms. The molecule has 0 bridgehead atoms. The zero-order chi connectivity index (χ0) is 15.6. The van der Waals surface area contributed by atoms with Gasteiger partial charge in [-0.15, -0.1) is 0 Å². The first-order valence-electron chi connectivity index (χ1n) is 5.92. The number of benzene rings is 1. The quantitative estimate of drug-likeness (QED) is 0.808. The zero-order valence-electron chi connectivity index (χ0n) is 11.6. The van der Waals surface area contributed by atoms with Crippen LogP contribution < -0.4 is 0 Å². The molecule has 6 nitrogen and oxygen atoms in total. The molecule has 1 aromatic heterocycles. The largest absolute Gasteiger partial charge is 0.464 e. The maximum Gasteiger partial charge on any atom is 0.376 e. The third-order valence-electron chi connectivity index (χ3n) is 2.73. The van der Waals surface area contributed by atoms with Crippen LogP contribution in [0, 0.1) is 12.7 Å². The van der Waals surface area contributed by atoms with Crippen molar-refractivity contribution >= 4 is 11.9 Å². The lowest BCUT2D eigenvalue weighted by atomic mass is 10.1. The molecule has 0 aliphatic carbocycles. The fraction of sp³-hybridized carbons (Fsp3) is 0.214. The maximum absolute atomic E-state index is 13.8. The summed E-state index contributed by atoms with van der Waals surface area (Å²) < 4.78 is 28.0. The lowest BCUT2D eigenvalue weighted by Crippen LogP contribution is -2.10. The summed E-state index contributed by atoms with van der Waals surface area (Å²) in [4.78, 5) is 27.0. The highest BCUT2D eigenvalue weighted by molar-refractivity contribution is 6.00. The van der Waals surface area contributed by atoms with Crippen LogP contribution in [0.5, 0.6) is 0 Å². The SMILES string of the molecule is COC(=O)c1nc(-c2cc(C)ccc2F)oc1C(=O)OC. The van der Waals surface area contributed by atoms with Crippen LogP contribution in [0.2, 0.25) is 0 Å². The fourth-order valence-electron chi connectivity index (χ4n) is 1.70. The highest BCUT2D eigenvalue weighted by Gasteiger charge is 2.28. The Bertz CT molecular complexity index is 674. The average molecular weight is 293 g/mol. The molecule has 110 valence electrons. The molecule has 0 atom stereocenters. The van der Waals surface area contributed by atoms with Crippen LogP contribution in [0.25, 0.3) is 11.5 Å².